The molecule has 10 rings (SSSR count). The molecule has 1 amide bonds. The number of amides is 1. The van der Waals surface area contributed by atoms with Crippen LogP contribution in [0.1, 0.15) is 89.0 Å². The van der Waals surface area contributed by atoms with Crippen molar-refractivity contribution >= 4 is 82.3 Å². The molecule has 1 fully saturated rings. The van der Waals surface area contributed by atoms with E-state index in [9.17, 15) is 9.90 Å². The Labute approximate surface area is 473 Å². The molecule has 0 bridgehead atoms. The largest absolute Gasteiger partial charge is 0.389 e. The summed E-state index contributed by atoms with van der Waals surface area (Å²) >= 11 is 18.4. The van der Waals surface area contributed by atoms with Crippen LogP contribution in [-0.2, 0) is 20.9 Å². The number of rotatable bonds is 14. The normalized spacial score (nSPS) is 13.5. The summed E-state index contributed by atoms with van der Waals surface area (Å²) in [6, 6.07) is 34.3. The van der Waals surface area contributed by atoms with E-state index in [1.165, 1.54) is 19.3 Å². The number of aliphatic hydroxyl groups excluding tert-OH is 1. The van der Waals surface area contributed by atoms with Gasteiger partial charge >= 0.3 is 6.15 Å². The van der Waals surface area contributed by atoms with Crippen LogP contribution in [0.4, 0.5) is 0 Å². The molecule has 7 heterocycles. The standard InChI is InChI=1S/C19H20ClN5O.C15H14ClN5.C13H11ClN4O.C7H17N.CO2.ClH/c1-2-6-13-9-17(26)24(11-13)12-15-10-16(20)23-25-18(21-22-19(15)25)14-7-4-3-5-8-14;1-20(2)9-8-12-10-13(16)19-21-14(17-18-15(12)21)11-6-4-3-5-7-11;1-8(19)10-7-11(14)17-18-12(15-16-13(10)18)9-5-3-2-4-6-9;1-3-5-7(4-2)6-8;2-1-3;/h3-5,7-8,10,13H,2,6,9,11-12H2,1H3;3-10H,1-2H3;2-8,19H,1H3;7H,3-6,8H2,1-2H3;;1H/b;9-8+;;;;. The first-order valence-corrected chi connectivity index (χ1v) is 26.3. The minimum absolute atomic E-state index is 0. The Balaban J connectivity index is 0.000000197. The highest BCUT2D eigenvalue weighted by molar-refractivity contribution is 6.30. The molecule has 410 valence electrons. The first kappa shape index (κ1) is 61.6. The smallest absolute Gasteiger partial charge is 0.373 e. The molecule has 0 aliphatic carbocycles. The van der Waals surface area contributed by atoms with Gasteiger partial charge in [-0.1, -0.05) is 166 Å². The van der Waals surface area contributed by atoms with Gasteiger partial charge in [0.05, 0.1) is 6.10 Å². The predicted molar refractivity (Wildman–Crippen MR) is 305 cm³/mol. The van der Waals surface area contributed by atoms with Crippen LogP contribution in [0.2, 0.25) is 15.5 Å². The number of fused-ring (bicyclic) bond motifs is 3. The molecule has 0 saturated carbocycles. The van der Waals surface area contributed by atoms with E-state index in [1.54, 1.807) is 38.7 Å². The molecule has 1 saturated heterocycles. The Morgan fingerprint density at radius 2 is 1.17 bits per heavy atom. The second-order valence-corrected chi connectivity index (χ2v) is 19.3. The van der Waals surface area contributed by atoms with Gasteiger partial charge in [0, 0.05) is 67.0 Å². The number of likely N-dealkylation sites (tertiary alicyclic amines) is 1. The molecule has 0 spiro atoms. The zero-order valence-corrected chi connectivity index (χ0v) is 47.3. The molecule has 3 atom stereocenters. The summed E-state index contributed by atoms with van der Waals surface area (Å²) in [5, 5.41) is 49.0. The van der Waals surface area contributed by atoms with Crippen LogP contribution < -0.4 is 5.73 Å². The number of nitrogens with zero attached hydrogens (tertiary/aromatic N) is 14. The number of carbonyl (C=O) groups excluding carboxylic acids is 3. The molecular weight excluding hydrogens is 1080 g/mol. The predicted octanol–water partition coefficient (Wildman–Crippen LogP) is 10.7. The number of benzene rings is 3. The van der Waals surface area contributed by atoms with E-state index in [1.807, 2.05) is 127 Å². The van der Waals surface area contributed by atoms with Crippen LogP contribution in [0.15, 0.2) is 115 Å². The summed E-state index contributed by atoms with van der Waals surface area (Å²) in [5.41, 5.74) is 12.4. The fourth-order valence-corrected chi connectivity index (χ4v) is 9.03. The average molecular weight is 1140 g/mol. The summed E-state index contributed by atoms with van der Waals surface area (Å²) in [6.07, 6.45) is 10.1. The van der Waals surface area contributed by atoms with E-state index in [0.29, 0.717) is 74.3 Å². The Morgan fingerprint density at radius 3 is 1.62 bits per heavy atom. The molecule has 19 nitrogen and oxygen atoms in total. The Bertz CT molecular complexity index is 3370. The molecule has 78 heavy (non-hydrogen) atoms. The number of aromatic nitrogens is 12. The van der Waals surface area contributed by atoms with Crippen molar-refractivity contribution in [3.05, 3.63) is 148 Å². The zero-order valence-electron chi connectivity index (χ0n) is 44.2. The Kier molecular flexibility index (Phi) is 24.2. The number of halogens is 4. The lowest BCUT2D eigenvalue weighted by Crippen LogP contribution is -2.25. The van der Waals surface area contributed by atoms with Crippen molar-refractivity contribution in [2.75, 3.05) is 27.2 Å². The molecule has 6 aromatic heterocycles. The topological polar surface area (TPSA) is 233 Å². The lowest BCUT2D eigenvalue weighted by atomic mass is 10.0. The van der Waals surface area contributed by atoms with Crippen LogP contribution in [0, 0.1) is 11.8 Å². The van der Waals surface area contributed by atoms with Crippen LogP contribution >= 0.6 is 47.2 Å². The minimum Gasteiger partial charge on any atom is -0.389 e. The van der Waals surface area contributed by atoms with E-state index in [2.05, 4.69) is 66.7 Å². The first-order chi connectivity index (χ1) is 37.2. The molecule has 3 unspecified atom stereocenters. The number of nitrogens with two attached hydrogens (primary N) is 1. The molecule has 1 aliphatic rings. The van der Waals surface area contributed by atoms with E-state index in [0.717, 1.165) is 59.7 Å². The number of carbonyl (C=O) groups is 1. The maximum absolute atomic E-state index is 12.3. The summed E-state index contributed by atoms with van der Waals surface area (Å²) < 4.78 is 4.89. The third kappa shape index (κ3) is 16.4. The molecular formula is C55H63Cl4N15O4. The number of hydrogen-bond acceptors (Lipinski definition) is 15. The lowest BCUT2D eigenvalue weighted by molar-refractivity contribution is -0.191. The van der Waals surface area contributed by atoms with Gasteiger partial charge in [-0.05, 0) is 68.6 Å². The highest BCUT2D eigenvalue weighted by Gasteiger charge is 2.30. The second-order valence-electron chi connectivity index (χ2n) is 18.2. The maximum atomic E-state index is 12.3. The molecule has 0 radical (unpaired) electrons. The van der Waals surface area contributed by atoms with Crippen molar-refractivity contribution in [2.45, 2.75) is 78.9 Å². The third-order valence-corrected chi connectivity index (χ3v) is 12.8. The molecule has 9 aromatic rings. The lowest BCUT2D eigenvalue weighted by Gasteiger charge is -2.17. The van der Waals surface area contributed by atoms with Gasteiger partial charge in [0.1, 0.15) is 0 Å². The minimum atomic E-state index is -0.684. The van der Waals surface area contributed by atoms with E-state index >= 15 is 0 Å². The summed E-state index contributed by atoms with van der Waals surface area (Å²) in [5.74, 6) is 3.32. The van der Waals surface area contributed by atoms with E-state index in [4.69, 9.17) is 50.1 Å². The van der Waals surface area contributed by atoms with Crippen LogP contribution in [0.25, 0.3) is 57.2 Å². The van der Waals surface area contributed by atoms with Gasteiger partial charge in [-0.2, -0.15) is 38.4 Å². The van der Waals surface area contributed by atoms with Gasteiger partial charge in [0.2, 0.25) is 5.91 Å². The number of hydrogen-bond donors (Lipinski definition) is 2. The van der Waals surface area contributed by atoms with Crippen molar-refractivity contribution in [1.29, 1.82) is 0 Å². The Hall–Kier alpha value is -7.22. The fraction of sp³-hybridized carbons (Fsp3) is 0.327. The van der Waals surface area contributed by atoms with Gasteiger partial charge in [-0.15, -0.1) is 43.0 Å². The highest BCUT2D eigenvalue weighted by Crippen LogP contribution is 2.28. The maximum Gasteiger partial charge on any atom is 0.373 e. The zero-order chi connectivity index (χ0) is 55.4. The van der Waals surface area contributed by atoms with E-state index < -0.39 is 6.10 Å². The van der Waals surface area contributed by atoms with Gasteiger partial charge in [-0.25, -0.2) is 0 Å². The van der Waals surface area contributed by atoms with Gasteiger partial charge in [-0.3, -0.25) is 4.79 Å². The van der Waals surface area contributed by atoms with Gasteiger partial charge < -0.3 is 20.6 Å². The second kappa shape index (κ2) is 30.6. The molecule has 3 N–H and O–H groups in total. The van der Waals surface area contributed by atoms with Crippen LogP contribution in [0.3, 0.4) is 0 Å². The van der Waals surface area contributed by atoms with Crippen molar-refractivity contribution in [3.63, 3.8) is 0 Å². The van der Waals surface area contributed by atoms with Crippen LogP contribution in [-0.4, -0.2) is 114 Å². The monoisotopic (exact) mass is 1140 g/mol. The van der Waals surface area contributed by atoms with Crippen molar-refractivity contribution < 1.29 is 19.5 Å². The average Bonchev–Trinajstić information content (AvgIpc) is 4.25. The quantitative estimate of drug-likeness (QED) is 0.103. The molecule has 23 heteroatoms. The van der Waals surface area contributed by atoms with Crippen molar-refractivity contribution in [3.8, 4) is 34.2 Å². The van der Waals surface area contributed by atoms with E-state index in [-0.39, 0.29) is 24.5 Å². The van der Waals surface area contributed by atoms with Gasteiger partial charge in [0.15, 0.2) is 49.9 Å². The molecule has 3 aromatic carbocycles. The Morgan fingerprint density at radius 1 is 0.705 bits per heavy atom. The molecule has 1 aliphatic heterocycles. The van der Waals surface area contributed by atoms with Crippen LogP contribution in [0.5, 0.6) is 0 Å². The van der Waals surface area contributed by atoms with Crippen molar-refractivity contribution in [1.82, 2.24) is 69.2 Å². The third-order valence-electron chi connectivity index (χ3n) is 12.2. The first-order valence-electron chi connectivity index (χ1n) is 25.1. The fourth-order valence-electron chi connectivity index (χ4n) is 8.44. The summed E-state index contributed by atoms with van der Waals surface area (Å²) in [4.78, 5) is 32.4. The van der Waals surface area contributed by atoms with Crippen molar-refractivity contribution in [2.24, 2.45) is 17.6 Å². The number of aliphatic hydroxyl groups is 1. The SMILES string of the molecule is CC(O)c1cc(Cl)nn2c(-c3ccccc3)nnc12.CCCC(CC)CN.CCCC1CC(=O)N(Cc2cc(Cl)nn3c(-c4ccccc4)nnc23)C1.CN(C)/C=C/c1cc(Cl)nn2c(-c3ccccc3)nnc12.Cl.O=C=O. The highest BCUT2D eigenvalue weighted by atomic mass is 35.5. The van der Waals surface area contributed by atoms with Gasteiger partial charge in [0.25, 0.3) is 0 Å². The summed E-state index contributed by atoms with van der Waals surface area (Å²) in [6.45, 7) is 10.4. The summed E-state index contributed by atoms with van der Waals surface area (Å²) in [7, 11) is 3.91.